The van der Waals surface area contributed by atoms with Gasteiger partial charge >= 0.3 is 11.9 Å². The quantitative estimate of drug-likeness (QED) is 0.391. The number of carbonyl (C=O) groups is 3. The second-order valence-electron chi connectivity index (χ2n) is 9.15. The number of nitrogens with zero attached hydrogens (tertiary/aromatic N) is 5. The van der Waals surface area contributed by atoms with Crippen molar-refractivity contribution in [3.05, 3.63) is 42.5 Å². The summed E-state index contributed by atoms with van der Waals surface area (Å²) in [6.07, 6.45) is 9.18. The highest BCUT2D eigenvalue weighted by Crippen LogP contribution is 2.28. The van der Waals surface area contributed by atoms with E-state index in [4.69, 9.17) is 24.5 Å². The molecule has 0 unspecified atom stereocenters. The lowest BCUT2D eigenvalue weighted by atomic mass is 10.1. The molecule has 2 aliphatic rings. The van der Waals surface area contributed by atoms with Gasteiger partial charge in [0.2, 0.25) is 5.91 Å². The van der Waals surface area contributed by atoms with Gasteiger partial charge in [0.15, 0.2) is 11.6 Å². The first-order chi connectivity index (χ1) is 18.4. The summed E-state index contributed by atoms with van der Waals surface area (Å²) in [5.41, 5.74) is 3.50. The molecular formula is C26H32N6O6. The minimum absolute atomic E-state index is 0.236. The van der Waals surface area contributed by atoms with E-state index in [1.807, 2.05) is 4.90 Å². The standard InChI is InChI=1S/C24H30N6O2.C2H2O4/c1-32-22-16-25-17-27-24(22)29-12-10-28(11-13-29)8-2-4-18-15-26-21-7-6-19(14-20(18)21)30-9-3-5-23(30)31;3-1(4)2(5)6/h6-7,14-17,26H,2-5,8-13H2,1H3;(H,3,4)(H,5,6). The molecule has 3 aromatic rings. The molecule has 0 saturated carbocycles. The van der Waals surface area contributed by atoms with Crippen molar-refractivity contribution in [2.75, 3.05) is 56.2 Å². The fourth-order valence-electron chi connectivity index (χ4n) is 4.83. The normalized spacial score (nSPS) is 15.9. The lowest BCUT2D eigenvalue weighted by molar-refractivity contribution is -0.159. The second-order valence-corrected chi connectivity index (χ2v) is 9.15. The number of aromatic nitrogens is 3. The first-order valence-electron chi connectivity index (χ1n) is 12.5. The van der Waals surface area contributed by atoms with E-state index in [0.717, 1.165) is 81.3 Å². The summed E-state index contributed by atoms with van der Waals surface area (Å²) in [6.45, 7) is 5.81. The van der Waals surface area contributed by atoms with Gasteiger partial charge in [-0.2, -0.15) is 0 Å². The Balaban J connectivity index is 0.000000505. The van der Waals surface area contributed by atoms with Gasteiger partial charge in [-0.05, 0) is 49.6 Å². The minimum Gasteiger partial charge on any atom is -0.491 e. The van der Waals surface area contributed by atoms with E-state index in [-0.39, 0.29) is 5.91 Å². The predicted octanol–water partition coefficient (Wildman–Crippen LogP) is 2.00. The van der Waals surface area contributed by atoms with Crippen molar-refractivity contribution >= 4 is 40.3 Å². The minimum atomic E-state index is -1.82. The Kier molecular flexibility index (Phi) is 8.74. The molecule has 1 amide bonds. The van der Waals surface area contributed by atoms with E-state index >= 15 is 0 Å². The van der Waals surface area contributed by atoms with Crippen LogP contribution in [0.5, 0.6) is 5.75 Å². The highest BCUT2D eigenvalue weighted by Gasteiger charge is 2.23. The Morgan fingerprint density at radius 1 is 1.11 bits per heavy atom. The maximum atomic E-state index is 12.1. The number of piperazine rings is 1. The van der Waals surface area contributed by atoms with Gasteiger partial charge in [0, 0.05) is 61.9 Å². The van der Waals surface area contributed by atoms with E-state index < -0.39 is 11.9 Å². The van der Waals surface area contributed by atoms with Gasteiger partial charge in [0.25, 0.3) is 0 Å². The Hall–Kier alpha value is -4.19. The molecule has 0 bridgehead atoms. The summed E-state index contributed by atoms with van der Waals surface area (Å²) in [5.74, 6) is -1.80. The highest BCUT2D eigenvalue weighted by molar-refractivity contribution is 6.27. The number of anilines is 2. The molecule has 2 saturated heterocycles. The van der Waals surface area contributed by atoms with Crippen LogP contribution in [-0.2, 0) is 20.8 Å². The largest absolute Gasteiger partial charge is 0.491 e. The number of aromatic amines is 1. The monoisotopic (exact) mass is 524 g/mol. The summed E-state index contributed by atoms with van der Waals surface area (Å²) in [7, 11) is 1.66. The van der Waals surface area contributed by atoms with Crippen molar-refractivity contribution in [2.24, 2.45) is 0 Å². The third-order valence-electron chi connectivity index (χ3n) is 6.79. The Bertz CT molecular complexity index is 1270. The van der Waals surface area contributed by atoms with Crippen molar-refractivity contribution in [3.63, 3.8) is 0 Å². The molecule has 2 aromatic heterocycles. The van der Waals surface area contributed by atoms with Crippen LogP contribution in [0.1, 0.15) is 24.8 Å². The molecule has 2 fully saturated rings. The maximum absolute atomic E-state index is 12.1. The van der Waals surface area contributed by atoms with E-state index in [1.54, 1.807) is 19.6 Å². The van der Waals surface area contributed by atoms with Crippen molar-refractivity contribution in [3.8, 4) is 5.75 Å². The lowest BCUT2D eigenvalue weighted by Crippen LogP contribution is -2.47. The maximum Gasteiger partial charge on any atom is 0.414 e. The van der Waals surface area contributed by atoms with Gasteiger partial charge in [0.05, 0.1) is 13.3 Å². The number of H-pyrrole nitrogens is 1. The average Bonchev–Trinajstić information content (AvgIpc) is 3.55. The van der Waals surface area contributed by atoms with Crippen LogP contribution in [0.2, 0.25) is 0 Å². The van der Waals surface area contributed by atoms with Crippen molar-refractivity contribution in [1.82, 2.24) is 19.9 Å². The van der Waals surface area contributed by atoms with Crippen LogP contribution in [-0.4, -0.2) is 94.3 Å². The van der Waals surface area contributed by atoms with Crippen LogP contribution >= 0.6 is 0 Å². The van der Waals surface area contributed by atoms with E-state index in [0.29, 0.717) is 6.42 Å². The van der Waals surface area contributed by atoms with Gasteiger partial charge in [-0.25, -0.2) is 19.6 Å². The molecule has 0 spiro atoms. The van der Waals surface area contributed by atoms with E-state index in [1.165, 1.54) is 10.9 Å². The first-order valence-corrected chi connectivity index (χ1v) is 12.5. The first kappa shape index (κ1) is 26.9. The number of hydrogen-bond donors (Lipinski definition) is 3. The molecule has 3 N–H and O–H groups in total. The molecule has 202 valence electrons. The van der Waals surface area contributed by atoms with Crippen LogP contribution < -0.4 is 14.5 Å². The van der Waals surface area contributed by atoms with Crippen molar-refractivity contribution < 1.29 is 29.3 Å². The molecule has 5 rings (SSSR count). The number of hydrogen-bond acceptors (Lipinski definition) is 8. The van der Waals surface area contributed by atoms with Gasteiger partial charge in [-0.15, -0.1) is 0 Å². The highest BCUT2D eigenvalue weighted by atomic mass is 16.5. The fraction of sp³-hybridized carbons (Fsp3) is 0.423. The summed E-state index contributed by atoms with van der Waals surface area (Å²) in [6, 6.07) is 6.33. The van der Waals surface area contributed by atoms with Crippen molar-refractivity contribution in [2.45, 2.75) is 25.7 Å². The van der Waals surface area contributed by atoms with Gasteiger partial charge < -0.3 is 29.7 Å². The summed E-state index contributed by atoms with van der Waals surface area (Å²) in [5, 5.41) is 16.0. The van der Waals surface area contributed by atoms with Gasteiger partial charge in [0.1, 0.15) is 6.33 Å². The Morgan fingerprint density at radius 2 is 1.87 bits per heavy atom. The number of aryl methyl sites for hydroxylation is 1. The SMILES string of the molecule is COc1cncnc1N1CCN(CCCc2c[nH]c3ccc(N4CCCC4=O)cc23)CC1.O=C(O)C(=O)O. The molecule has 1 aromatic carbocycles. The number of fused-ring (bicyclic) bond motifs is 1. The molecule has 12 heteroatoms. The fourth-order valence-corrected chi connectivity index (χ4v) is 4.83. The number of methoxy groups -OCH3 is 1. The van der Waals surface area contributed by atoms with Gasteiger partial charge in [-0.3, -0.25) is 9.69 Å². The number of aliphatic carboxylic acids is 2. The Morgan fingerprint density at radius 3 is 2.53 bits per heavy atom. The second kappa shape index (κ2) is 12.4. The number of nitrogens with one attached hydrogen (secondary N) is 1. The van der Waals surface area contributed by atoms with Crippen LogP contribution in [0.15, 0.2) is 36.9 Å². The molecule has 12 nitrogen and oxygen atoms in total. The van der Waals surface area contributed by atoms with Crippen LogP contribution in [0.3, 0.4) is 0 Å². The number of benzene rings is 1. The van der Waals surface area contributed by atoms with Crippen LogP contribution in [0, 0.1) is 0 Å². The molecule has 2 aliphatic heterocycles. The average molecular weight is 525 g/mol. The summed E-state index contributed by atoms with van der Waals surface area (Å²) < 4.78 is 5.41. The number of carboxylic acid groups (broad SMARTS) is 2. The smallest absolute Gasteiger partial charge is 0.414 e. The third kappa shape index (κ3) is 6.38. The number of amides is 1. The Labute approximate surface area is 219 Å². The molecule has 0 atom stereocenters. The zero-order valence-electron chi connectivity index (χ0n) is 21.3. The molecule has 0 aliphatic carbocycles. The zero-order chi connectivity index (χ0) is 27.1. The zero-order valence-corrected chi connectivity index (χ0v) is 21.3. The number of ether oxygens (including phenoxy) is 1. The molecular weight excluding hydrogens is 492 g/mol. The summed E-state index contributed by atoms with van der Waals surface area (Å²) in [4.78, 5) is 48.9. The predicted molar refractivity (Wildman–Crippen MR) is 141 cm³/mol. The number of rotatable bonds is 7. The number of carbonyl (C=O) groups excluding carboxylic acids is 1. The van der Waals surface area contributed by atoms with E-state index in [2.05, 4.69) is 49.1 Å². The van der Waals surface area contributed by atoms with Gasteiger partial charge in [-0.1, -0.05) is 0 Å². The third-order valence-corrected chi connectivity index (χ3v) is 6.79. The molecule has 38 heavy (non-hydrogen) atoms. The van der Waals surface area contributed by atoms with Crippen LogP contribution in [0.25, 0.3) is 10.9 Å². The van der Waals surface area contributed by atoms with E-state index in [9.17, 15) is 4.79 Å². The topological polar surface area (TPSA) is 152 Å². The molecule has 0 radical (unpaired) electrons. The molecule has 4 heterocycles. The summed E-state index contributed by atoms with van der Waals surface area (Å²) >= 11 is 0. The number of carboxylic acids is 2. The van der Waals surface area contributed by atoms with Crippen LogP contribution in [0.4, 0.5) is 11.5 Å². The van der Waals surface area contributed by atoms with Crippen molar-refractivity contribution in [1.29, 1.82) is 0 Å². The lowest BCUT2D eigenvalue weighted by Gasteiger charge is -2.35.